The Morgan fingerprint density at radius 1 is 0.970 bits per heavy atom. The van der Waals surface area contributed by atoms with E-state index in [1.54, 1.807) is 17.5 Å². The zero-order chi connectivity index (χ0) is 22.6. The molecule has 1 aromatic carbocycles. The molecule has 0 unspecified atom stereocenters. The minimum atomic E-state index is 0.0707. The Morgan fingerprint density at radius 3 is 2.55 bits per heavy atom. The predicted octanol–water partition coefficient (Wildman–Crippen LogP) is 4.26. The number of aromatic nitrogens is 1. The smallest absolute Gasteiger partial charge is 0.257 e. The quantitative estimate of drug-likeness (QED) is 0.544. The molecule has 0 saturated carbocycles. The normalized spacial score (nSPS) is 17.4. The van der Waals surface area contributed by atoms with Crippen molar-refractivity contribution in [1.82, 2.24) is 14.8 Å². The van der Waals surface area contributed by atoms with E-state index in [0.29, 0.717) is 18.8 Å². The van der Waals surface area contributed by atoms with Crippen LogP contribution in [0.5, 0.6) is 0 Å². The van der Waals surface area contributed by atoms with Gasteiger partial charge in [0, 0.05) is 72.4 Å². The third-order valence-electron chi connectivity index (χ3n) is 6.17. The van der Waals surface area contributed by atoms with Crippen LogP contribution in [0.4, 0.5) is 5.82 Å². The maximum atomic E-state index is 13.3. The number of hydrogen-bond acceptors (Lipinski definition) is 6. The zero-order valence-electron chi connectivity index (χ0n) is 18.5. The van der Waals surface area contributed by atoms with Gasteiger partial charge < -0.3 is 14.5 Å². The van der Waals surface area contributed by atoms with Gasteiger partial charge in [-0.25, -0.2) is 4.98 Å². The summed E-state index contributed by atoms with van der Waals surface area (Å²) in [4.78, 5) is 26.9. The molecule has 0 radical (unpaired) electrons. The van der Waals surface area contributed by atoms with E-state index in [4.69, 9.17) is 16.3 Å². The van der Waals surface area contributed by atoms with Crippen molar-refractivity contribution in [1.29, 1.82) is 0 Å². The van der Waals surface area contributed by atoms with E-state index in [0.717, 1.165) is 62.2 Å². The van der Waals surface area contributed by atoms with Crippen LogP contribution in [0, 0.1) is 0 Å². The van der Waals surface area contributed by atoms with E-state index in [-0.39, 0.29) is 5.91 Å². The Labute approximate surface area is 203 Å². The molecule has 2 fully saturated rings. The van der Waals surface area contributed by atoms with Crippen LogP contribution in [-0.4, -0.2) is 73.2 Å². The Kier molecular flexibility index (Phi) is 6.92. The third-order valence-corrected chi connectivity index (χ3v) is 7.60. The van der Waals surface area contributed by atoms with Crippen LogP contribution in [0.3, 0.4) is 0 Å². The predicted molar refractivity (Wildman–Crippen MR) is 133 cm³/mol. The highest BCUT2D eigenvalue weighted by Crippen LogP contribution is 2.33. The molecule has 0 N–H and O–H groups in total. The number of carbonyl (C=O) groups is 1. The zero-order valence-corrected chi connectivity index (χ0v) is 20.0. The molecule has 0 aliphatic carbocycles. The summed E-state index contributed by atoms with van der Waals surface area (Å²) in [6.07, 6.45) is 1.76. The van der Waals surface area contributed by atoms with Gasteiger partial charge in [0.25, 0.3) is 5.91 Å². The number of anilines is 1. The van der Waals surface area contributed by atoms with Gasteiger partial charge in [0.05, 0.1) is 18.8 Å². The molecule has 2 aliphatic heterocycles. The number of ether oxygens (including phenoxy) is 1. The Morgan fingerprint density at radius 2 is 1.76 bits per heavy atom. The van der Waals surface area contributed by atoms with E-state index in [2.05, 4.69) is 33.0 Å². The number of pyridine rings is 1. The topological polar surface area (TPSA) is 48.9 Å². The lowest BCUT2D eigenvalue weighted by Gasteiger charge is -2.35. The summed E-state index contributed by atoms with van der Waals surface area (Å²) in [6.45, 7) is 6.93. The van der Waals surface area contributed by atoms with Crippen LogP contribution in [0.1, 0.15) is 15.2 Å². The van der Waals surface area contributed by atoms with Gasteiger partial charge in [0.2, 0.25) is 0 Å². The molecular formula is C25H27ClN4O2S. The summed E-state index contributed by atoms with van der Waals surface area (Å²) in [5.74, 6) is 0.847. The van der Waals surface area contributed by atoms with Crippen molar-refractivity contribution in [2.24, 2.45) is 0 Å². The standard InChI is InChI=1S/C25H27ClN4O2S/c26-22-6-2-1-4-20(22)23-8-7-19(33-23)18-28-10-12-30(13-11-28)25(31)21-5-3-9-27-24(21)29-14-16-32-17-15-29/h1-9H,10-18H2. The highest BCUT2D eigenvalue weighted by molar-refractivity contribution is 7.15. The van der Waals surface area contributed by atoms with Crippen molar-refractivity contribution in [3.63, 3.8) is 0 Å². The van der Waals surface area contributed by atoms with Gasteiger partial charge in [-0.15, -0.1) is 11.3 Å². The monoisotopic (exact) mass is 482 g/mol. The highest BCUT2D eigenvalue weighted by Gasteiger charge is 2.26. The lowest BCUT2D eigenvalue weighted by atomic mass is 10.1. The van der Waals surface area contributed by atoms with Gasteiger partial charge in [-0.05, 0) is 30.3 Å². The second kappa shape index (κ2) is 10.2. The van der Waals surface area contributed by atoms with E-state index in [1.807, 2.05) is 35.2 Å². The summed E-state index contributed by atoms with van der Waals surface area (Å²) in [7, 11) is 0. The fourth-order valence-corrected chi connectivity index (χ4v) is 5.74. The number of piperazine rings is 1. The van der Waals surface area contributed by atoms with Gasteiger partial charge in [0.1, 0.15) is 5.82 Å². The van der Waals surface area contributed by atoms with Crippen molar-refractivity contribution in [3.05, 3.63) is 70.2 Å². The number of morpholine rings is 1. The molecular weight excluding hydrogens is 456 g/mol. The van der Waals surface area contributed by atoms with Crippen molar-refractivity contribution < 1.29 is 9.53 Å². The fourth-order valence-electron chi connectivity index (χ4n) is 4.36. The first-order valence-electron chi connectivity index (χ1n) is 11.3. The molecule has 0 atom stereocenters. The van der Waals surface area contributed by atoms with Gasteiger partial charge in [0.15, 0.2) is 0 Å². The van der Waals surface area contributed by atoms with Crippen molar-refractivity contribution in [2.45, 2.75) is 6.54 Å². The molecule has 172 valence electrons. The fraction of sp³-hybridized carbons (Fsp3) is 0.360. The summed E-state index contributed by atoms with van der Waals surface area (Å²) in [5, 5.41) is 0.782. The first-order chi connectivity index (χ1) is 16.2. The van der Waals surface area contributed by atoms with Gasteiger partial charge >= 0.3 is 0 Å². The first-order valence-corrected chi connectivity index (χ1v) is 12.5. The summed E-state index contributed by atoms with van der Waals surface area (Å²) in [6, 6.07) is 16.0. The first kappa shape index (κ1) is 22.3. The minimum Gasteiger partial charge on any atom is -0.378 e. The van der Waals surface area contributed by atoms with Crippen molar-refractivity contribution >= 4 is 34.7 Å². The minimum absolute atomic E-state index is 0.0707. The lowest BCUT2D eigenvalue weighted by molar-refractivity contribution is 0.0629. The van der Waals surface area contributed by atoms with Crippen molar-refractivity contribution in [2.75, 3.05) is 57.4 Å². The van der Waals surface area contributed by atoms with Gasteiger partial charge in [-0.3, -0.25) is 9.69 Å². The Hall–Kier alpha value is -2.45. The summed E-state index contributed by atoms with van der Waals surface area (Å²) in [5.41, 5.74) is 1.77. The third kappa shape index (κ3) is 5.06. The average Bonchev–Trinajstić information content (AvgIpc) is 3.33. The van der Waals surface area contributed by atoms with Crippen LogP contribution in [0.15, 0.2) is 54.7 Å². The highest BCUT2D eigenvalue weighted by atomic mass is 35.5. The van der Waals surface area contributed by atoms with Crippen LogP contribution >= 0.6 is 22.9 Å². The van der Waals surface area contributed by atoms with E-state index < -0.39 is 0 Å². The maximum Gasteiger partial charge on any atom is 0.257 e. The largest absolute Gasteiger partial charge is 0.378 e. The second-order valence-electron chi connectivity index (χ2n) is 8.29. The number of nitrogens with zero attached hydrogens (tertiary/aromatic N) is 4. The molecule has 0 spiro atoms. The molecule has 6 nitrogen and oxygen atoms in total. The maximum absolute atomic E-state index is 13.3. The van der Waals surface area contributed by atoms with Crippen LogP contribution < -0.4 is 4.90 Å². The number of rotatable bonds is 5. The molecule has 5 rings (SSSR count). The molecule has 8 heteroatoms. The molecule has 0 bridgehead atoms. The molecule has 33 heavy (non-hydrogen) atoms. The second-order valence-corrected chi connectivity index (χ2v) is 9.86. The number of carbonyl (C=O) groups excluding carboxylic acids is 1. The number of thiophene rings is 1. The Balaban J connectivity index is 1.20. The number of halogens is 1. The van der Waals surface area contributed by atoms with Gasteiger partial charge in [-0.2, -0.15) is 0 Å². The average molecular weight is 483 g/mol. The molecule has 4 heterocycles. The van der Waals surface area contributed by atoms with Crippen LogP contribution in [0.25, 0.3) is 10.4 Å². The summed E-state index contributed by atoms with van der Waals surface area (Å²) < 4.78 is 5.45. The van der Waals surface area contributed by atoms with E-state index in [1.165, 1.54) is 9.75 Å². The molecule has 2 aliphatic rings. The number of amides is 1. The van der Waals surface area contributed by atoms with Crippen LogP contribution in [0.2, 0.25) is 5.02 Å². The van der Waals surface area contributed by atoms with Crippen LogP contribution in [-0.2, 0) is 11.3 Å². The number of hydrogen-bond donors (Lipinski definition) is 0. The summed E-state index contributed by atoms with van der Waals surface area (Å²) >= 11 is 8.15. The molecule has 1 amide bonds. The van der Waals surface area contributed by atoms with E-state index in [9.17, 15) is 4.79 Å². The molecule has 2 aromatic heterocycles. The SMILES string of the molecule is O=C(c1cccnc1N1CCOCC1)N1CCN(Cc2ccc(-c3ccccc3Cl)s2)CC1. The number of benzene rings is 1. The van der Waals surface area contributed by atoms with Gasteiger partial charge in [-0.1, -0.05) is 29.8 Å². The van der Waals surface area contributed by atoms with E-state index >= 15 is 0 Å². The van der Waals surface area contributed by atoms with Crippen molar-refractivity contribution in [3.8, 4) is 10.4 Å². The Bertz CT molecular complexity index is 1110. The molecule has 2 saturated heterocycles. The molecule has 3 aromatic rings. The lowest BCUT2D eigenvalue weighted by Crippen LogP contribution is -2.48.